The minimum absolute atomic E-state index is 0.0906. The second kappa shape index (κ2) is 12.9. The Kier molecular flexibility index (Phi) is 9.40. The van der Waals surface area contributed by atoms with Gasteiger partial charge in [-0.15, -0.1) is 11.3 Å². The maximum Gasteiger partial charge on any atom is 0.251 e. The summed E-state index contributed by atoms with van der Waals surface area (Å²) in [6.45, 7) is 3.81. The molecule has 3 heterocycles. The molecule has 2 aromatic heterocycles. The van der Waals surface area contributed by atoms with Gasteiger partial charge >= 0.3 is 0 Å². The first-order valence-corrected chi connectivity index (χ1v) is 13.2. The van der Waals surface area contributed by atoms with E-state index in [9.17, 15) is 19.1 Å². The number of benzene rings is 1. The summed E-state index contributed by atoms with van der Waals surface area (Å²) in [6.07, 6.45) is 0.667. The Hall–Kier alpha value is -3.38. The largest absolute Gasteiger partial charge is 0.388 e. The average Bonchev–Trinajstić information content (AvgIpc) is 3.57. The van der Waals surface area contributed by atoms with E-state index in [1.807, 2.05) is 6.92 Å². The molecule has 9 nitrogen and oxygen atoms in total. The van der Waals surface area contributed by atoms with Crippen LogP contribution < -0.4 is 16.4 Å². The molecule has 1 aromatic carbocycles. The van der Waals surface area contributed by atoms with E-state index < -0.39 is 17.8 Å². The van der Waals surface area contributed by atoms with Gasteiger partial charge in [0.25, 0.3) is 5.91 Å². The van der Waals surface area contributed by atoms with Gasteiger partial charge in [-0.25, -0.2) is 9.37 Å². The number of aromatic nitrogens is 1. The summed E-state index contributed by atoms with van der Waals surface area (Å²) in [4.78, 5) is 29.1. The Balaban J connectivity index is 1.40. The summed E-state index contributed by atoms with van der Waals surface area (Å²) >= 11 is 1.17. The third-order valence-corrected chi connectivity index (χ3v) is 7.25. The van der Waals surface area contributed by atoms with Crippen molar-refractivity contribution >= 4 is 34.0 Å². The zero-order valence-corrected chi connectivity index (χ0v) is 21.9. The third kappa shape index (κ3) is 7.13. The molecule has 1 aliphatic heterocycles. The van der Waals surface area contributed by atoms with Crippen molar-refractivity contribution < 1.29 is 28.6 Å². The number of aliphatic hydroxyl groups excluding tert-OH is 1. The van der Waals surface area contributed by atoms with Gasteiger partial charge in [-0.05, 0) is 42.7 Å². The lowest BCUT2D eigenvalue weighted by atomic mass is 10.0. The standard InChI is InChI=1S/C27H31FN4O5S/c1-2-22(33)17-6-7-19(21(28)10-17)23-11-20(26(29)35)27(38-23)32-24-5-3-4-18(31-24)14-37-15-25(34)30-12-16-8-9-36-13-16/h3-7,10-11,16,22,33H,2,8-9,12-15H2,1H3,(H2,29,35)(H,30,34)(H,31,32). The quantitative estimate of drug-likeness (QED) is 0.273. The van der Waals surface area contributed by atoms with Gasteiger partial charge in [0.15, 0.2) is 0 Å². The van der Waals surface area contributed by atoms with Crippen molar-refractivity contribution in [2.24, 2.45) is 11.7 Å². The van der Waals surface area contributed by atoms with Crippen molar-refractivity contribution in [3.63, 3.8) is 0 Å². The average molecular weight is 543 g/mol. The Morgan fingerprint density at radius 3 is 2.87 bits per heavy atom. The number of primary amides is 1. The van der Waals surface area contributed by atoms with Crippen molar-refractivity contribution in [2.45, 2.75) is 32.5 Å². The number of hydrogen-bond acceptors (Lipinski definition) is 8. The zero-order chi connectivity index (χ0) is 27.1. The van der Waals surface area contributed by atoms with Crippen LogP contribution in [0.25, 0.3) is 10.4 Å². The van der Waals surface area contributed by atoms with Crippen LogP contribution in [0.4, 0.5) is 15.2 Å². The van der Waals surface area contributed by atoms with E-state index in [-0.39, 0.29) is 24.7 Å². The summed E-state index contributed by atoms with van der Waals surface area (Å²) < 4.78 is 25.7. The molecule has 0 radical (unpaired) electrons. The summed E-state index contributed by atoms with van der Waals surface area (Å²) in [7, 11) is 0. The van der Waals surface area contributed by atoms with Gasteiger partial charge in [0.05, 0.1) is 30.6 Å². The number of nitrogens with one attached hydrogen (secondary N) is 2. The predicted octanol–water partition coefficient (Wildman–Crippen LogP) is 3.90. The number of nitrogens with zero attached hydrogens (tertiary/aromatic N) is 1. The van der Waals surface area contributed by atoms with E-state index >= 15 is 0 Å². The molecule has 3 aromatic rings. The van der Waals surface area contributed by atoms with Crippen LogP contribution in [0.3, 0.4) is 0 Å². The Morgan fingerprint density at radius 2 is 2.16 bits per heavy atom. The molecule has 2 atom stereocenters. The summed E-state index contributed by atoms with van der Waals surface area (Å²) in [5.74, 6) is -0.585. The first-order chi connectivity index (χ1) is 18.3. The van der Waals surface area contributed by atoms with Gasteiger partial charge in [-0.2, -0.15) is 0 Å². The molecular weight excluding hydrogens is 511 g/mol. The van der Waals surface area contributed by atoms with E-state index in [2.05, 4.69) is 15.6 Å². The molecule has 0 spiro atoms. The van der Waals surface area contributed by atoms with Crippen LogP contribution in [0, 0.1) is 11.7 Å². The fourth-order valence-electron chi connectivity index (χ4n) is 4.02. The Labute approximate surface area is 224 Å². The molecule has 2 unspecified atom stereocenters. The monoisotopic (exact) mass is 542 g/mol. The Morgan fingerprint density at radius 1 is 1.32 bits per heavy atom. The second-order valence-corrected chi connectivity index (χ2v) is 10.1. The van der Waals surface area contributed by atoms with Gasteiger partial charge in [-0.1, -0.05) is 25.1 Å². The molecule has 5 N–H and O–H groups in total. The maximum absolute atomic E-state index is 14.9. The number of carbonyl (C=O) groups is 2. The molecule has 2 amide bonds. The highest BCUT2D eigenvalue weighted by Crippen LogP contribution is 2.38. The molecule has 1 saturated heterocycles. The lowest BCUT2D eigenvalue weighted by Gasteiger charge is -2.10. The van der Waals surface area contributed by atoms with E-state index in [4.69, 9.17) is 15.2 Å². The number of halogens is 1. The van der Waals surface area contributed by atoms with Crippen LogP contribution in [0.5, 0.6) is 0 Å². The first-order valence-electron chi connectivity index (χ1n) is 12.4. The van der Waals surface area contributed by atoms with Crippen molar-refractivity contribution in [1.82, 2.24) is 10.3 Å². The van der Waals surface area contributed by atoms with Crippen LogP contribution in [-0.4, -0.2) is 48.3 Å². The number of amides is 2. The fourth-order valence-corrected chi connectivity index (χ4v) is 5.12. The molecule has 1 aliphatic rings. The summed E-state index contributed by atoms with van der Waals surface area (Å²) in [5.41, 5.74) is 7.16. The van der Waals surface area contributed by atoms with Gasteiger partial charge < -0.3 is 30.9 Å². The van der Waals surface area contributed by atoms with E-state index in [0.29, 0.717) is 58.0 Å². The number of ether oxygens (including phenoxy) is 2. The molecule has 1 fully saturated rings. The number of aliphatic hydroxyl groups is 1. The molecule has 11 heteroatoms. The van der Waals surface area contributed by atoms with Crippen LogP contribution in [-0.2, 0) is 20.9 Å². The number of hydrogen-bond donors (Lipinski definition) is 4. The lowest BCUT2D eigenvalue weighted by molar-refractivity contribution is -0.126. The van der Waals surface area contributed by atoms with Crippen molar-refractivity contribution in [1.29, 1.82) is 0 Å². The molecular formula is C27H31FN4O5S. The first kappa shape index (κ1) is 27.6. The highest BCUT2D eigenvalue weighted by Gasteiger charge is 2.19. The van der Waals surface area contributed by atoms with Crippen LogP contribution in [0.1, 0.15) is 47.5 Å². The van der Waals surface area contributed by atoms with Gasteiger partial charge in [0.2, 0.25) is 5.91 Å². The number of anilines is 2. The molecule has 202 valence electrons. The third-order valence-electron chi connectivity index (χ3n) is 6.17. The molecule has 4 rings (SSSR count). The van der Waals surface area contributed by atoms with Gasteiger partial charge in [0, 0.05) is 29.5 Å². The van der Waals surface area contributed by atoms with E-state index in [1.165, 1.54) is 23.5 Å². The highest BCUT2D eigenvalue weighted by molar-refractivity contribution is 7.19. The van der Waals surface area contributed by atoms with Gasteiger partial charge in [-0.3, -0.25) is 9.59 Å². The maximum atomic E-state index is 14.9. The Bertz CT molecular complexity index is 1280. The number of pyridine rings is 1. The number of nitrogens with two attached hydrogens (primary N) is 1. The highest BCUT2D eigenvalue weighted by atomic mass is 32.1. The number of carbonyl (C=O) groups excluding carboxylic acids is 2. The smallest absolute Gasteiger partial charge is 0.251 e. The lowest BCUT2D eigenvalue weighted by Crippen LogP contribution is -2.32. The predicted molar refractivity (Wildman–Crippen MR) is 143 cm³/mol. The van der Waals surface area contributed by atoms with Crippen LogP contribution in [0.2, 0.25) is 0 Å². The van der Waals surface area contributed by atoms with Crippen molar-refractivity contribution in [3.05, 3.63) is 65.1 Å². The SMILES string of the molecule is CCC(O)c1ccc(-c2cc(C(N)=O)c(Nc3cccc(COCC(=O)NCC4CCOC4)n3)s2)c(F)c1. The fraction of sp³-hybridized carbons (Fsp3) is 0.370. The molecule has 0 bridgehead atoms. The van der Waals surface area contributed by atoms with Gasteiger partial charge in [0.1, 0.15) is 23.2 Å². The van der Waals surface area contributed by atoms with Crippen LogP contribution in [0.15, 0.2) is 42.5 Å². The second-order valence-electron chi connectivity index (χ2n) is 9.05. The van der Waals surface area contributed by atoms with Crippen LogP contribution >= 0.6 is 11.3 Å². The zero-order valence-electron chi connectivity index (χ0n) is 21.0. The van der Waals surface area contributed by atoms with Crippen molar-refractivity contribution in [3.8, 4) is 10.4 Å². The van der Waals surface area contributed by atoms with Crippen molar-refractivity contribution in [2.75, 3.05) is 31.7 Å². The minimum atomic E-state index is -0.746. The van der Waals surface area contributed by atoms with E-state index in [0.717, 1.165) is 13.0 Å². The summed E-state index contributed by atoms with van der Waals surface area (Å²) in [5, 5.41) is 16.4. The summed E-state index contributed by atoms with van der Waals surface area (Å²) in [6, 6.07) is 11.3. The molecule has 38 heavy (non-hydrogen) atoms. The minimum Gasteiger partial charge on any atom is -0.388 e. The van der Waals surface area contributed by atoms with E-state index in [1.54, 1.807) is 30.3 Å². The topological polar surface area (TPSA) is 136 Å². The number of thiophene rings is 1. The molecule has 0 saturated carbocycles. The number of rotatable bonds is 12. The normalized spacial score (nSPS) is 15.8. The molecule has 0 aliphatic carbocycles.